The van der Waals surface area contributed by atoms with Crippen LogP contribution in [0, 0.1) is 6.92 Å². The molecule has 0 aliphatic heterocycles. The minimum absolute atomic E-state index is 0.0485. The zero-order chi connectivity index (χ0) is 102. The zero-order valence-electron chi connectivity index (χ0n) is 80.6. The number of sulfone groups is 5. The lowest BCUT2D eigenvalue weighted by Gasteiger charge is -2.19. The molecule has 5 aromatic heterocycles. The van der Waals surface area contributed by atoms with Crippen LogP contribution in [-0.2, 0) is 76.3 Å². The van der Waals surface area contributed by atoms with Gasteiger partial charge in [0.15, 0.2) is 0 Å². The Kier molecular flexibility index (Phi) is 33.1. The van der Waals surface area contributed by atoms with Gasteiger partial charge in [0.1, 0.15) is 77.9 Å². The minimum atomic E-state index is -3.87. The monoisotopic (exact) mass is 2150 g/mol. The number of aryl methyl sites for hydroxylation is 1. The summed E-state index contributed by atoms with van der Waals surface area (Å²) in [5.74, 6) is 3.75. The third-order valence-corrected chi connectivity index (χ3v) is 32.3. The number of rotatable bonds is 22. The van der Waals surface area contributed by atoms with Crippen LogP contribution in [-0.4, -0.2) is 167 Å². The molecular formula is C98H107Br2Cl2N15O17S5. The SMILES string of the molecule is COc1ccc(C)cc1-n1cc(S(=O)(=O)c2ccc(C(C)(C)C)cc2)nn1.COc1ccc(Cl)cc1-n1cc(S(=O)(=O)c2ccc(C(C)(C)C)cc2)nn1.COc1ccc(Cl)cc1-n1nnc(S(=O)(=O)c2ccc(C(C)(C)C)cc2)c1Br.COc1ccc(OC)c(-n2cc(S(=O)(=O)c3ccc(C(C)(C)C)cc3)nn2)c1.COc1ccc(OC)c(-n2nnc(S(=O)(=O)c3ccc(C(C)(C)C)cc3)c2Br)c1. The van der Waals surface area contributed by atoms with E-state index in [9.17, 15) is 42.1 Å². The normalized spacial score (nSPS) is 12.1. The highest BCUT2D eigenvalue weighted by molar-refractivity contribution is 9.10. The molecule has 5 heterocycles. The lowest BCUT2D eigenvalue weighted by atomic mass is 9.87. The molecule has 15 rings (SSSR count). The lowest BCUT2D eigenvalue weighted by Crippen LogP contribution is -2.11. The highest BCUT2D eigenvalue weighted by Crippen LogP contribution is 2.40. The third kappa shape index (κ3) is 24.6. The summed E-state index contributed by atoms with van der Waals surface area (Å²) in [5.41, 5.74) is 8.56. The molecule has 0 atom stereocenters. The fourth-order valence-corrected chi connectivity index (χ4v) is 21.5. The van der Waals surface area contributed by atoms with E-state index < -0.39 is 49.2 Å². The first-order valence-electron chi connectivity index (χ1n) is 42.6. The van der Waals surface area contributed by atoms with Gasteiger partial charge in [-0.15, -0.1) is 25.5 Å². The highest BCUT2D eigenvalue weighted by atomic mass is 79.9. The fraction of sp³-hybridized carbons (Fsp3) is 0.286. The van der Waals surface area contributed by atoms with Crippen molar-refractivity contribution in [3.63, 3.8) is 0 Å². The van der Waals surface area contributed by atoms with Crippen molar-refractivity contribution in [1.29, 1.82) is 0 Å². The van der Waals surface area contributed by atoms with Gasteiger partial charge in [0.25, 0.3) is 0 Å². The Morgan fingerprint density at radius 3 is 0.770 bits per heavy atom. The molecule has 0 spiro atoms. The highest BCUT2D eigenvalue weighted by Gasteiger charge is 2.34. The van der Waals surface area contributed by atoms with Gasteiger partial charge in [-0.25, -0.2) is 65.5 Å². The van der Waals surface area contributed by atoms with Crippen LogP contribution in [0.2, 0.25) is 10.0 Å². The quantitative estimate of drug-likeness (QED) is 0.0608. The van der Waals surface area contributed by atoms with Crippen LogP contribution in [0.15, 0.2) is 290 Å². The van der Waals surface area contributed by atoms with Gasteiger partial charge in [0.2, 0.25) is 74.3 Å². The first kappa shape index (κ1) is 107. The number of nitrogens with zero attached hydrogens (tertiary/aromatic N) is 15. The third-order valence-electron chi connectivity index (χ3n) is 21.7. The molecule has 0 saturated carbocycles. The van der Waals surface area contributed by atoms with Crippen molar-refractivity contribution < 1.29 is 75.2 Å². The van der Waals surface area contributed by atoms with Gasteiger partial charge in [-0.2, -0.15) is 0 Å². The van der Waals surface area contributed by atoms with Gasteiger partial charge in [0.05, 0.1) is 92.8 Å². The standard InChI is InChI=1S/C20H22BrN3O4S.C20H23N3O4S.C20H23N3O3S.C19H19BrClN3O3S.C19H20ClN3O3S/c1-20(2,3)13-6-9-15(10-7-13)29(25,26)19-18(21)24(23-22-19)16-12-14(27-4)8-11-17(16)28-5;1-20(2,3)14-6-9-16(10-7-14)28(24,25)19-13-23(22-21-19)17-12-15(26-4)8-11-18(17)27-5;1-14-6-11-18(26-5)17(12-14)23-13-19(21-22-23)27(24,25)16-9-7-15(8-10-16)20(2,3)4;1-19(2,3)12-5-8-14(9-6-12)28(25,26)18-17(20)24(23-22-18)15-11-13(21)7-10-16(15)27-4;1-19(2,3)13-5-8-15(9-6-13)27(24,25)18-12-23(22-21-18)16-11-14(20)7-10-17(16)26-4/h6-12H,1-5H3;6-13H,1-5H3;6-13H,1-5H3;5-11H,1-4H3;5-12H,1-4H3. The largest absolute Gasteiger partial charge is 0.497 e. The molecule has 139 heavy (non-hydrogen) atoms. The Bertz CT molecular complexity index is 7370. The smallest absolute Gasteiger partial charge is 0.228 e. The summed E-state index contributed by atoms with van der Waals surface area (Å²) >= 11 is 18.8. The Labute approximate surface area is 837 Å². The van der Waals surface area contributed by atoms with Crippen molar-refractivity contribution in [2.75, 3.05) is 49.8 Å². The van der Waals surface area contributed by atoms with Crippen molar-refractivity contribution in [3.8, 4) is 68.7 Å². The minimum Gasteiger partial charge on any atom is -0.497 e. The van der Waals surface area contributed by atoms with Crippen molar-refractivity contribution in [2.45, 2.75) is 187 Å². The maximum Gasteiger partial charge on any atom is 0.228 e. The summed E-state index contributed by atoms with van der Waals surface area (Å²) in [6, 6.07) is 60.0. The van der Waals surface area contributed by atoms with Crippen LogP contribution < -0.4 is 33.2 Å². The average Bonchev–Trinajstić information content (AvgIpc) is 1.29. The predicted octanol–water partition coefficient (Wildman–Crippen LogP) is 20.2. The molecule has 0 radical (unpaired) electrons. The van der Waals surface area contributed by atoms with Crippen LogP contribution >= 0.6 is 55.1 Å². The number of halogens is 4. The summed E-state index contributed by atoms with van der Waals surface area (Å²) < 4.78 is 174. The van der Waals surface area contributed by atoms with Crippen molar-refractivity contribution in [1.82, 2.24) is 75.0 Å². The molecule has 0 aliphatic rings. The predicted molar refractivity (Wildman–Crippen MR) is 536 cm³/mol. The Morgan fingerprint density at radius 1 is 0.266 bits per heavy atom. The maximum atomic E-state index is 13.1. The summed E-state index contributed by atoms with van der Waals surface area (Å²) in [6.45, 7) is 33.0. The first-order valence-corrected chi connectivity index (χ1v) is 52.4. The van der Waals surface area contributed by atoms with Gasteiger partial charge in [-0.05, 0) is 233 Å². The fourth-order valence-electron chi connectivity index (χ4n) is 13.5. The molecule has 0 fully saturated rings. The lowest BCUT2D eigenvalue weighted by molar-refractivity contribution is 0.400. The number of methoxy groups -OCH3 is 7. The second-order valence-electron chi connectivity index (χ2n) is 36.5. The molecule has 0 aliphatic carbocycles. The maximum absolute atomic E-state index is 13.1. The second-order valence-corrected chi connectivity index (χ2v) is 48.3. The van der Waals surface area contributed by atoms with Gasteiger partial charge < -0.3 is 33.2 Å². The van der Waals surface area contributed by atoms with E-state index in [1.165, 1.54) is 70.4 Å². The van der Waals surface area contributed by atoms with E-state index in [1.54, 1.807) is 155 Å². The number of benzene rings is 10. The molecule has 41 heteroatoms. The number of hydrogen-bond acceptors (Lipinski definition) is 27. The summed E-state index contributed by atoms with van der Waals surface area (Å²) in [7, 11) is -8.36. The zero-order valence-corrected chi connectivity index (χ0v) is 89.4. The molecule has 0 amide bonds. The van der Waals surface area contributed by atoms with E-state index in [4.69, 9.17) is 56.4 Å². The van der Waals surface area contributed by atoms with Crippen LogP contribution in [0.4, 0.5) is 0 Å². The van der Waals surface area contributed by atoms with Crippen LogP contribution in [0.25, 0.3) is 28.4 Å². The summed E-state index contributed by atoms with van der Waals surface area (Å²) in [6.07, 6.45) is 4.12. The van der Waals surface area contributed by atoms with Crippen LogP contribution in [0.3, 0.4) is 0 Å². The van der Waals surface area contributed by atoms with E-state index in [0.29, 0.717) is 78.7 Å². The summed E-state index contributed by atoms with van der Waals surface area (Å²) in [5, 5.41) is 39.5. The first-order chi connectivity index (χ1) is 65.1. The van der Waals surface area contributed by atoms with E-state index in [2.05, 4.69) is 187 Å². The van der Waals surface area contributed by atoms with Gasteiger partial charge >= 0.3 is 0 Å². The van der Waals surface area contributed by atoms with Gasteiger partial charge in [-0.1, -0.05) is 220 Å². The number of hydrogen-bond donors (Lipinski definition) is 0. The Morgan fingerprint density at radius 2 is 0.496 bits per heavy atom. The Hall–Kier alpha value is -12.2. The second kappa shape index (κ2) is 42.9. The van der Waals surface area contributed by atoms with E-state index in [1.807, 2.05) is 85.8 Å². The van der Waals surface area contributed by atoms with Crippen molar-refractivity contribution >= 4 is 104 Å². The molecule has 0 saturated heterocycles. The molecule has 0 bridgehead atoms. The molecule has 32 nitrogen and oxygen atoms in total. The molecular weight excluding hydrogens is 2050 g/mol. The van der Waals surface area contributed by atoms with Crippen LogP contribution in [0.1, 0.15) is 137 Å². The van der Waals surface area contributed by atoms with Crippen molar-refractivity contribution in [2.24, 2.45) is 0 Å². The molecule has 0 unspecified atom stereocenters. The molecule has 734 valence electrons. The van der Waals surface area contributed by atoms with E-state index in [0.717, 1.165) is 33.4 Å². The van der Waals surface area contributed by atoms with Gasteiger partial charge in [0, 0.05) is 22.2 Å². The molecule has 0 N–H and O–H groups in total. The molecule has 10 aromatic carbocycles. The van der Waals surface area contributed by atoms with Gasteiger partial charge in [-0.3, -0.25) is 0 Å². The number of ether oxygens (including phenoxy) is 7. The van der Waals surface area contributed by atoms with E-state index >= 15 is 0 Å². The number of aromatic nitrogens is 15. The van der Waals surface area contributed by atoms with Crippen LogP contribution in [0.5, 0.6) is 40.2 Å². The average molecular weight is 2160 g/mol. The Balaban J connectivity index is 0.000000166. The summed E-state index contributed by atoms with van der Waals surface area (Å²) in [4.78, 5) is 0.826. The molecule has 15 aromatic rings. The topological polar surface area (TPSA) is 389 Å². The van der Waals surface area contributed by atoms with Crippen molar-refractivity contribution in [3.05, 3.63) is 284 Å². The van der Waals surface area contributed by atoms with E-state index in [-0.39, 0.29) is 85.9 Å².